The Morgan fingerprint density at radius 1 is 0.897 bits per heavy atom. The highest BCUT2D eigenvalue weighted by Gasteiger charge is 2.42. The number of nitrogens with zero attached hydrogens (tertiary/aromatic N) is 2. The van der Waals surface area contributed by atoms with Crippen molar-refractivity contribution in [1.29, 1.82) is 0 Å². The second-order valence-corrected chi connectivity index (χ2v) is 7.07. The Bertz CT molecular complexity index is 987. The van der Waals surface area contributed by atoms with Crippen LogP contribution in [0.5, 0.6) is 11.5 Å². The Balaban J connectivity index is 1.58. The lowest BCUT2D eigenvalue weighted by Gasteiger charge is -2.31. The van der Waals surface area contributed by atoms with Crippen LogP contribution in [0.2, 0.25) is 0 Å². The summed E-state index contributed by atoms with van der Waals surface area (Å²) in [7, 11) is 0. The fourth-order valence-electron chi connectivity index (χ4n) is 3.54. The van der Waals surface area contributed by atoms with Gasteiger partial charge < -0.3 is 15.3 Å². The average Bonchev–Trinajstić information content (AvgIpc) is 3.18. The standard InChI is InChI=1S/C24H26N3O2/c1-2-27(17-16-26-24(27)20-12-14-21(25)15-13-20)29-23-11-7-6-10-22(23)28-18-19-8-4-3-5-9-19/h3-15H,2,16-18,25H2,1H3/q+1. The Morgan fingerprint density at radius 2 is 1.59 bits per heavy atom. The fraction of sp³-hybridized carbons (Fsp3) is 0.208. The minimum atomic E-state index is 0.329. The van der Waals surface area contributed by atoms with E-state index in [1.54, 1.807) is 0 Å². The summed E-state index contributed by atoms with van der Waals surface area (Å²) in [5.74, 6) is 2.37. The zero-order valence-corrected chi connectivity index (χ0v) is 16.6. The highest BCUT2D eigenvalue weighted by molar-refractivity contribution is 5.94. The van der Waals surface area contributed by atoms with Gasteiger partial charge >= 0.3 is 0 Å². The summed E-state index contributed by atoms with van der Waals surface area (Å²) in [6.45, 7) is 4.87. The van der Waals surface area contributed by atoms with Crippen LogP contribution in [0.4, 0.5) is 5.69 Å². The van der Waals surface area contributed by atoms with E-state index in [0.717, 1.165) is 53.8 Å². The van der Waals surface area contributed by atoms with Crippen LogP contribution in [-0.2, 0) is 6.61 Å². The molecule has 0 saturated carbocycles. The van der Waals surface area contributed by atoms with Crippen molar-refractivity contribution in [3.05, 3.63) is 90.0 Å². The second-order valence-electron chi connectivity index (χ2n) is 7.07. The molecule has 1 aliphatic heterocycles. The van der Waals surface area contributed by atoms with Crippen LogP contribution in [-0.4, -0.2) is 30.1 Å². The predicted molar refractivity (Wildman–Crippen MR) is 116 cm³/mol. The van der Waals surface area contributed by atoms with E-state index in [-0.39, 0.29) is 0 Å². The molecule has 1 unspecified atom stereocenters. The maximum absolute atomic E-state index is 6.58. The number of likely N-dealkylation sites (N-methyl/N-ethyl adjacent to an activating group) is 1. The fourth-order valence-corrected chi connectivity index (χ4v) is 3.54. The van der Waals surface area contributed by atoms with E-state index in [0.29, 0.717) is 11.3 Å². The van der Waals surface area contributed by atoms with Gasteiger partial charge in [0.2, 0.25) is 5.75 Å². The SMILES string of the molecule is CC[N+]1(Oc2ccccc2OCc2ccccc2)CCN=C1c1ccc(N)cc1. The maximum atomic E-state index is 6.58. The van der Waals surface area contributed by atoms with Crippen LogP contribution in [0.15, 0.2) is 83.9 Å². The summed E-state index contributed by atoms with van der Waals surface area (Å²) in [5, 5.41) is 0. The molecular formula is C24H26N3O2+. The van der Waals surface area contributed by atoms with Crippen molar-refractivity contribution in [3.8, 4) is 11.5 Å². The molecule has 2 N–H and O–H groups in total. The van der Waals surface area contributed by atoms with Gasteiger partial charge in [-0.05, 0) is 48.9 Å². The third-order valence-corrected chi connectivity index (χ3v) is 5.15. The number of aliphatic imine (C=N–C) groups is 1. The maximum Gasteiger partial charge on any atom is 0.272 e. The van der Waals surface area contributed by atoms with Gasteiger partial charge in [0.15, 0.2) is 5.75 Å². The van der Waals surface area contributed by atoms with E-state index in [1.165, 1.54) is 0 Å². The van der Waals surface area contributed by atoms with Crippen molar-refractivity contribution in [2.75, 3.05) is 25.4 Å². The van der Waals surface area contributed by atoms with Crippen molar-refractivity contribution in [3.63, 3.8) is 0 Å². The van der Waals surface area contributed by atoms with Gasteiger partial charge in [-0.3, -0.25) is 0 Å². The van der Waals surface area contributed by atoms with Crippen molar-refractivity contribution in [2.24, 2.45) is 4.99 Å². The lowest BCUT2D eigenvalue weighted by molar-refractivity contribution is -0.998. The number of ether oxygens (including phenoxy) is 1. The Kier molecular flexibility index (Phi) is 5.49. The molecule has 1 atom stereocenters. The molecule has 0 amide bonds. The molecule has 1 heterocycles. The smallest absolute Gasteiger partial charge is 0.272 e. The van der Waals surface area contributed by atoms with E-state index in [1.807, 2.05) is 66.7 Å². The third kappa shape index (κ3) is 4.10. The molecule has 3 aromatic carbocycles. The van der Waals surface area contributed by atoms with E-state index in [9.17, 15) is 0 Å². The average molecular weight is 388 g/mol. The lowest BCUT2D eigenvalue weighted by Crippen LogP contribution is -2.53. The molecule has 0 bridgehead atoms. The summed E-state index contributed by atoms with van der Waals surface area (Å²) < 4.78 is 6.42. The van der Waals surface area contributed by atoms with Gasteiger partial charge in [-0.2, -0.15) is 0 Å². The first-order valence-corrected chi connectivity index (χ1v) is 9.93. The number of hydroxylamine groups is 3. The Hall–Kier alpha value is -3.31. The van der Waals surface area contributed by atoms with Gasteiger partial charge in [0, 0.05) is 5.69 Å². The first kappa shape index (κ1) is 19.0. The number of rotatable bonds is 7. The van der Waals surface area contributed by atoms with E-state index >= 15 is 0 Å². The van der Waals surface area contributed by atoms with Crippen molar-refractivity contribution in [2.45, 2.75) is 13.5 Å². The number of quaternary nitrogens is 1. The highest BCUT2D eigenvalue weighted by Crippen LogP contribution is 2.32. The molecule has 0 saturated heterocycles. The number of hydrogen-bond donors (Lipinski definition) is 1. The topological polar surface area (TPSA) is 56.8 Å². The monoisotopic (exact) mass is 388 g/mol. The van der Waals surface area contributed by atoms with Crippen LogP contribution >= 0.6 is 0 Å². The first-order valence-electron chi connectivity index (χ1n) is 9.93. The van der Waals surface area contributed by atoms with Gasteiger partial charge in [-0.25, -0.2) is 4.99 Å². The number of hydrogen-bond acceptors (Lipinski definition) is 4. The number of anilines is 1. The molecule has 0 fully saturated rings. The van der Waals surface area contributed by atoms with Gasteiger partial charge in [-0.1, -0.05) is 47.1 Å². The molecule has 3 aromatic rings. The summed E-state index contributed by atoms with van der Waals surface area (Å²) in [6.07, 6.45) is 0. The summed E-state index contributed by atoms with van der Waals surface area (Å²) in [4.78, 5) is 11.3. The quantitative estimate of drug-likeness (QED) is 0.481. The largest absolute Gasteiger partial charge is 0.485 e. The van der Waals surface area contributed by atoms with Crippen LogP contribution in [0.25, 0.3) is 0 Å². The Morgan fingerprint density at radius 3 is 2.31 bits per heavy atom. The van der Waals surface area contributed by atoms with Gasteiger partial charge in [0.1, 0.15) is 19.7 Å². The molecule has 5 heteroatoms. The van der Waals surface area contributed by atoms with Crippen molar-refractivity contribution >= 4 is 11.5 Å². The third-order valence-electron chi connectivity index (χ3n) is 5.15. The normalized spacial score (nSPS) is 18.3. The lowest BCUT2D eigenvalue weighted by atomic mass is 10.1. The van der Waals surface area contributed by atoms with Crippen LogP contribution in [0, 0.1) is 0 Å². The molecular weight excluding hydrogens is 362 g/mol. The molecule has 0 aromatic heterocycles. The van der Waals surface area contributed by atoms with Crippen molar-refractivity contribution in [1.82, 2.24) is 0 Å². The number of para-hydroxylation sites is 2. The summed E-state index contributed by atoms with van der Waals surface area (Å²) in [6, 6.07) is 25.8. The van der Waals surface area contributed by atoms with Crippen LogP contribution in [0.3, 0.4) is 0 Å². The van der Waals surface area contributed by atoms with Gasteiger partial charge in [0.25, 0.3) is 5.84 Å². The number of nitrogen functional groups attached to an aromatic ring is 1. The molecule has 5 nitrogen and oxygen atoms in total. The molecule has 0 radical (unpaired) electrons. The summed E-state index contributed by atoms with van der Waals surface area (Å²) >= 11 is 0. The van der Waals surface area contributed by atoms with E-state index in [2.05, 4.69) is 19.1 Å². The molecule has 0 aliphatic carbocycles. The second kappa shape index (κ2) is 8.37. The number of amidine groups is 1. The molecule has 1 aliphatic rings. The highest BCUT2D eigenvalue weighted by atomic mass is 16.7. The molecule has 4 rings (SSSR count). The number of nitrogens with two attached hydrogens (primary N) is 1. The zero-order valence-electron chi connectivity index (χ0n) is 16.6. The van der Waals surface area contributed by atoms with E-state index in [4.69, 9.17) is 20.3 Å². The zero-order chi connectivity index (χ0) is 20.1. The Labute approximate surface area is 171 Å². The minimum absolute atomic E-state index is 0.329. The van der Waals surface area contributed by atoms with Crippen LogP contribution < -0.4 is 15.3 Å². The van der Waals surface area contributed by atoms with Crippen LogP contribution in [0.1, 0.15) is 18.1 Å². The predicted octanol–water partition coefficient (Wildman–Crippen LogP) is 4.44. The van der Waals surface area contributed by atoms with E-state index < -0.39 is 0 Å². The first-order chi connectivity index (χ1) is 14.2. The molecule has 0 spiro atoms. The molecule has 148 valence electrons. The van der Waals surface area contributed by atoms with Gasteiger partial charge in [-0.15, -0.1) is 0 Å². The molecule has 29 heavy (non-hydrogen) atoms. The van der Waals surface area contributed by atoms with Crippen molar-refractivity contribution < 1.29 is 14.2 Å². The minimum Gasteiger partial charge on any atom is -0.485 e. The number of benzene rings is 3. The van der Waals surface area contributed by atoms with Gasteiger partial charge in [0.05, 0.1) is 12.1 Å². The summed E-state index contributed by atoms with van der Waals surface area (Å²) in [5.41, 5.74) is 8.74.